The molecule has 2 heteroatoms. The van der Waals surface area contributed by atoms with Gasteiger partial charge in [0.2, 0.25) is 0 Å². The van der Waals surface area contributed by atoms with Crippen LogP contribution in [0.5, 0.6) is 11.5 Å². The van der Waals surface area contributed by atoms with Gasteiger partial charge < -0.3 is 9.84 Å². The summed E-state index contributed by atoms with van der Waals surface area (Å²) in [4.78, 5) is 0. The minimum Gasteiger partial charge on any atom is -0.508 e. The quantitative estimate of drug-likeness (QED) is 0.648. The molecule has 1 aliphatic carbocycles. The summed E-state index contributed by atoms with van der Waals surface area (Å²) in [6.45, 7) is 2.37. The third kappa shape index (κ3) is 3.44. The Hall–Kier alpha value is -2.74. The highest BCUT2D eigenvalue weighted by atomic mass is 16.5. The van der Waals surface area contributed by atoms with Crippen molar-refractivity contribution in [3.8, 4) is 11.5 Å². The highest BCUT2D eigenvalue weighted by molar-refractivity contribution is 5.42. The maximum Gasteiger partial charge on any atom is 0.122 e. The number of hydrogen-bond acceptors (Lipinski definition) is 2. The molecule has 3 aromatic rings. The van der Waals surface area contributed by atoms with E-state index in [9.17, 15) is 5.11 Å². The molecule has 3 atom stereocenters. The number of fused-ring (bicyclic) bond motifs is 1. The lowest BCUT2D eigenvalue weighted by Gasteiger charge is -2.38. The van der Waals surface area contributed by atoms with Crippen LogP contribution >= 0.6 is 0 Å². The van der Waals surface area contributed by atoms with Crippen LogP contribution in [0.3, 0.4) is 0 Å². The Morgan fingerprint density at radius 2 is 1.63 bits per heavy atom. The van der Waals surface area contributed by atoms with Gasteiger partial charge in [0.05, 0.1) is 7.11 Å². The number of hydrogen-bond donors (Lipinski definition) is 1. The maximum atomic E-state index is 9.67. The normalized spacial score (nSPS) is 21.5. The fourth-order valence-electron chi connectivity index (χ4n) is 4.62. The molecule has 0 amide bonds. The molecule has 138 valence electrons. The average Bonchev–Trinajstić information content (AvgIpc) is 2.71. The van der Waals surface area contributed by atoms with E-state index in [2.05, 4.69) is 55.5 Å². The maximum absolute atomic E-state index is 9.67. The van der Waals surface area contributed by atoms with E-state index in [1.807, 2.05) is 12.1 Å². The first-order valence-electron chi connectivity index (χ1n) is 9.66. The average molecular weight is 358 g/mol. The second-order valence-corrected chi connectivity index (χ2v) is 7.58. The third-order valence-corrected chi connectivity index (χ3v) is 6.12. The summed E-state index contributed by atoms with van der Waals surface area (Å²) in [6.07, 6.45) is 2.02. The molecule has 3 aromatic carbocycles. The van der Waals surface area contributed by atoms with Crippen molar-refractivity contribution in [2.24, 2.45) is 5.92 Å². The lowest BCUT2D eigenvalue weighted by molar-refractivity contribution is 0.343. The van der Waals surface area contributed by atoms with Gasteiger partial charge in [-0.2, -0.15) is 0 Å². The number of methoxy groups -OCH3 is 1. The van der Waals surface area contributed by atoms with Gasteiger partial charge in [-0.05, 0) is 71.0 Å². The minimum atomic E-state index is 0.327. The molecular formula is C25H26O2. The predicted molar refractivity (Wildman–Crippen MR) is 110 cm³/mol. The van der Waals surface area contributed by atoms with Crippen LogP contribution in [0.1, 0.15) is 41.0 Å². The van der Waals surface area contributed by atoms with Crippen molar-refractivity contribution >= 4 is 0 Å². The zero-order valence-electron chi connectivity index (χ0n) is 15.9. The molecule has 0 fully saturated rings. The molecule has 0 bridgehead atoms. The molecule has 0 aromatic heterocycles. The Morgan fingerprint density at radius 3 is 2.41 bits per heavy atom. The lowest BCUT2D eigenvalue weighted by Crippen LogP contribution is -2.27. The van der Waals surface area contributed by atoms with Crippen molar-refractivity contribution in [3.63, 3.8) is 0 Å². The van der Waals surface area contributed by atoms with E-state index < -0.39 is 0 Å². The Balaban J connectivity index is 1.73. The monoisotopic (exact) mass is 358 g/mol. The van der Waals surface area contributed by atoms with Gasteiger partial charge in [-0.1, -0.05) is 61.5 Å². The summed E-state index contributed by atoms with van der Waals surface area (Å²) in [7, 11) is 1.75. The summed E-state index contributed by atoms with van der Waals surface area (Å²) in [6, 6.07) is 25.0. The topological polar surface area (TPSA) is 29.5 Å². The molecule has 0 aliphatic heterocycles. The van der Waals surface area contributed by atoms with E-state index >= 15 is 0 Å². The molecular weight excluding hydrogens is 332 g/mol. The minimum absolute atomic E-state index is 0.327. The number of benzene rings is 3. The molecule has 1 aliphatic rings. The number of ether oxygens (including phenoxy) is 1. The van der Waals surface area contributed by atoms with Crippen LogP contribution in [-0.2, 0) is 12.8 Å². The Bertz CT molecular complexity index is 914. The van der Waals surface area contributed by atoms with Gasteiger partial charge >= 0.3 is 0 Å². The number of rotatable bonds is 4. The van der Waals surface area contributed by atoms with E-state index in [1.165, 1.54) is 22.3 Å². The van der Waals surface area contributed by atoms with Crippen LogP contribution in [0.2, 0.25) is 0 Å². The zero-order valence-corrected chi connectivity index (χ0v) is 15.9. The summed E-state index contributed by atoms with van der Waals surface area (Å²) in [5, 5.41) is 9.67. The highest BCUT2D eigenvalue weighted by Gasteiger charge is 2.34. The largest absolute Gasteiger partial charge is 0.508 e. The molecule has 4 rings (SSSR count). The second-order valence-electron chi connectivity index (χ2n) is 7.58. The Kier molecular flexibility index (Phi) is 4.89. The lowest BCUT2D eigenvalue weighted by atomic mass is 9.66. The number of para-hydroxylation sites is 1. The first-order chi connectivity index (χ1) is 13.2. The Labute approximate surface area is 161 Å². The Morgan fingerprint density at radius 1 is 0.926 bits per heavy atom. The van der Waals surface area contributed by atoms with E-state index in [1.54, 1.807) is 19.2 Å². The van der Waals surface area contributed by atoms with Gasteiger partial charge in [0.15, 0.2) is 0 Å². The molecule has 2 nitrogen and oxygen atoms in total. The van der Waals surface area contributed by atoms with Crippen LogP contribution in [-0.4, -0.2) is 12.2 Å². The summed E-state index contributed by atoms with van der Waals surface area (Å²) < 4.78 is 5.61. The van der Waals surface area contributed by atoms with Gasteiger partial charge in [0.1, 0.15) is 11.5 Å². The van der Waals surface area contributed by atoms with Crippen LogP contribution in [0.25, 0.3) is 0 Å². The van der Waals surface area contributed by atoms with Crippen molar-refractivity contribution in [1.82, 2.24) is 0 Å². The van der Waals surface area contributed by atoms with E-state index in [4.69, 9.17) is 4.74 Å². The summed E-state index contributed by atoms with van der Waals surface area (Å²) in [5.41, 5.74) is 5.47. The second kappa shape index (κ2) is 7.48. The predicted octanol–water partition coefficient (Wildman–Crippen LogP) is 5.70. The molecule has 0 saturated heterocycles. The molecule has 0 saturated carbocycles. The number of phenols is 1. The van der Waals surface area contributed by atoms with Crippen LogP contribution < -0.4 is 4.74 Å². The molecule has 0 radical (unpaired) electrons. The summed E-state index contributed by atoms with van der Waals surface area (Å²) >= 11 is 0. The van der Waals surface area contributed by atoms with Crippen molar-refractivity contribution in [3.05, 3.63) is 95.1 Å². The van der Waals surface area contributed by atoms with E-state index in [-0.39, 0.29) is 0 Å². The first-order valence-corrected chi connectivity index (χ1v) is 9.66. The van der Waals surface area contributed by atoms with Gasteiger partial charge in [0, 0.05) is 0 Å². The fraction of sp³-hybridized carbons (Fsp3) is 0.280. The fourth-order valence-corrected chi connectivity index (χ4v) is 4.62. The van der Waals surface area contributed by atoms with Crippen molar-refractivity contribution < 1.29 is 9.84 Å². The zero-order chi connectivity index (χ0) is 18.8. The smallest absolute Gasteiger partial charge is 0.122 e. The van der Waals surface area contributed by atoms with Crippen molar-refractivity contribution in [2.75, 3.05) is 7.11 Å². The first kappa shape index (κ1) is 17.7. The van der Waals surface area contributed by atoms with E-state index in [0.29, 0.717) is 23.5 Å². The molecule has 0 heterocycles. The van der Waals surface area contributed by atoms with Gasteiger partial charge in [-0.25, -0.2) is 0 Å². The summed E-state index contributed by atoms with van der Waals surface area (Å²) in [5.74, 6) is 2.67. The van der Waals surface area contributed by atoms with Crippen LogP contribution in [0.4, 0.5) is 0 Å². The SMILES string of the molecule is COc1ccccc1CC1c2ccccc2CC(c2ccc(O)cc2)C1C. The molecule has 1 N–H and O–H groups in total. The molecule has 0 spiro atoms. The highest BCUT2D eigenvalue weighted by Crippen LogP contribution is 2.46. The van der Waals surface area contributed by atoms with E-state index in [0.717, 1.165) is 18.6 Å². The molecule has 3 unspecified atom stereocenters. The number of phenolic OH excluding ortho intramolecular Hbond substituents is 1. The van der Waals surface area contributed by atoms with Crippen LogP contribution in [0, 0.1) is 5.92 Å². The van der Waals surface area contributed by atoms with Gasteiger partial charge in [-0.3, -0.25) is 0 Å². The van der Waals surface area contributed by atoms with Gasteiger partial charge in [0.25, 0.3) is 0 Å². The third-order valence-electron chi connectivity index (χ3n) is 6.12. The number of aromatic hydroxyl groups is 1. The van der Waals surface area contributed by atoms with Crippen molar-refractivity contribution in [2.45, 2.75) is 31.6 Å². The van der Waals surface area contributed by atoms with Crippen LogP contribution in [0.15, 0.2) is 72.8 Å². The van der Waals surface area contributed by atoms with Crippen molar-refractivity contribution in [1.29, 1.82) is 0 Å². The molecule has 27 heavy (non-hydrogen) atoms. The standard InChI is InChI=1S/C25H26O2/c1-17-23(18-11-13-21(26)14-12-18)15-19-7-3-5-9-22(19)24(17)16-20-8-4-6-10-25(20)27-2/h3-14,17,23-24,26H,15-16H2,1-2H3. The van der Waals surface area contributed by atoms with Gasteiger partial charge in [-0.15, -0.1) is 0 Å².